The van der Waals surface area contributed by atoms with E-state index in [1.807, 2.05) is 64.1 Å². The van der Waals surface area contributed by atoms with Crippen LogP contribution in [0.15, 0.2) is 84.4 Å². The van der Waals surface area contributed by atoms with Gasteiger partial charge in [0.1, 0.15) is 29.4 Å². The Labute approximate surface area is 291 Å². The molecule has 0 bridgehead atoms. The van der Waals surface area contributed by atoms with Crippen LogP contribution in [0.3, 0.4) is 0 Å². The number of nitro groups is 1. The van der Waals surface area contributed by atoms with E-state index < -0.39 is 16.6 Å². The van der Waals surface area contributed by atoms with Gasteiger partial charge in [-0.3, -0.25) is 19.9 Å². The number of carbonyl (C=O) groups is 1. The van der Waals surface area contributed by atoms with Gasteiger partial charge in [-0.25, -0.2) is 0 Å². The molecule has 50 heavy (non-hydrogen) atoms. The zero-order valence-electron chi connectivity index (χ0n) is 28.7. The van der Waals surface area contributed by atoms with Crippen LogP contribution in [0.1, 0.15) is 57.6 Å². The van der Waals surface area contributed by atoms with Crippen LogP contribution in [0.25, 0.3) is 0 Å². The fourth-order valence-electron chi connectivity index (χ4n) is 6.94. The number of nitrogens with one attached hydrogen (secondary N) is 2. The highest BCUT2D eigenvalue weighted by molar-refractivity contribution is 6.02. The predicted octanol–water partition coefficient (Wildman–Crippen LogP) is 6.97. The van der Waals surface area contributed by atoms with Crippen molar-refractivity contribution in [3.05, 3.63) is 128 Å². The summed E-state index contributed by atoms with van der Waals surface area (Å²) >= 11 is 0. The van der Waals surface area contributed by atoms with Crippen LogP contribution >= 0.6 is 0 Å². The molecule has 0 aliphatic carbocycles. The Morgan fingerprint density at radius 1 is 1.00 bits per heavy atom. The molecule has 6 rings (SSSR count). The summed E-state index contributed by atoms with van der Waals surface area (Å²) < 4.78 is 12.3. The fourth-order valence-corrected chi connectivity index (χ4v) is 6.94. The molecule has 258 valence electrons. The van der Waals surface area contributed by atoms with E-state index in [2.05, 4.69) is 34.3 Å². The summed E-state index contributed by atoms with van der Waals surface area (Å²) in [4.78, 5) is 31.7. The van der Waals surface area contributed by atoms with Crippen LogP contribution < -0.4 is 20.1 Å². The fraction of sp³-hybridized carbons (Fsp3) is 0.282. The molecule has 1 amide bonds. The number of benzene rings is 4. The maximum Gasteiger partial charge on any atom is 0.270 e. The van der Waals surface area contributed by atoms with Gasteiger partial charge in [-0.2, -0.15) is 0 Å². The van der Waals surface area contributed by atoms with Gasteiger partial charge in [-0.1, -0.05) is 30.9 Å². The normalized spacial score (nSPS) is 14.5. The van der Waals surface area contributed by atoms with Crippen molar-refractivity contribution in [2.24, 2.45) is 4.99 Å². The van der Waals surface area contributed by atoms with E-state index in [4.69, 9.17) is 9.47 Å². The number of non-ortho nitro benzene ring substituents is 1. The molecule has 0 fully saturated rings. The quantitative estimate of drug-likeness (QED) is 0.0598. The number of hydrogen-bond donors (Lipinski definition) is 3. The molecular formula is C39H41N5O6. The van der Waals surface area contributed by atoms with E-state index >= 15 is 0 Å². The van der Waals surface area contributed by atoms with Gasteiger partial charge in [0.15, 0.2) is 0 Å². The van der Waals surface area contributed by atoms with Crippen molar-refractivity contribution >= 4 is 29.2 Å². The Morgan fingerprint density at radius 3 is 2.24 bits per heavy atom. The Hall–Kier alpha value is -5.68. The summed E-state index contributed by atoms with van der Waals surface area (Å²) in [5.74, 6) is 1.41. The molecule has 1 atom stereocenters. The number of aryl methyl sites for hydroxylation is 2. The van der Waals surface area contributed by atoms with Crippen LogP contribution in [0.2, 0.25) is 0 Å². The highest BCUT2D eigenvalue weighted by Gasteiger charge is 2.56. The highest BCUT2D eigenvalue weighted by atomic mass is 16.6. The van der Waals surface area contributed by atoms with Crippen LogP contribution in [0, 0.1) is 24.0 Å². The lowest BCUT2D eigenvalue weighted by atomic mass is 9.73. The number of amides is 1. The van der Waals surface area contributed by atoms with E-state index in [1.165, 1.54) is 24.4 Å². The maximum absolute atomic E-state index is 14.5. The number of hydrogen-bond acceptors (Lipinski definition) is 9. The van der Waals surface area contributed by atoms with Crippen molar-refractivity contribution in [3.63, 3.8) is 0 Å². The van der Waals surface area contributed by atoms with Crippen LogP contribution in [0.5, 0.6) is 17.2 Å². The molecule has 1 spiro atoms. The average molecular weight is 676 g/mol. The van der Waals surface area contributed by atoms with E-state index in [0.717, 1.165) is 52.3 Å². The summed E-state index contributed by atoms with van der Waals surface area (Å²) in [5.41, 5.74) is 5.96. The first-order valence-corrected chi connectivity index (χ1v) is 16.7. The zero-order chi connectivity index (χ0) is 35.6. The monoisotopic (exact) mass is 675 g/mol. The number of nitrogens with zero attached hydrogens (tertiary/aromatic N) is 3. The Morgan fingerprint density at radius 2 is 1.64 bits per heavy atom. The molecule has 11 nitrogen and oxygen atoms in total. The number of β-amino-alcohol motifs (C(OH)–C–C–N with tert-alkyl or cyclic N) is 1. The number of ether oxygens (including phenoxy) is 2. The van der Waals surface area contributed by atoms with Crippen LogP contribution in [-0.2, 0) is 5.54 Å². The second kappa shape index (κ2) is 14.0. The van der Waals surface area contributed by atoms with Gasteiger partial charge < -0.3 is 30.1 Å². The first-order valence-electron chi connectivity index (χ1n) is 16.7. The molecule has 4 aromatic rings. The second-order valence-corrected chi connectivity index (χ2v) is 12.4. The van der Waals surface area contributed by atoms with Crippen molar-refractivity contribution in [2.45, 2.75) is 39.3 Å². The first kappa shape index (κ1) is 34.2. The molecule has 4 aromatic carbocycles. The third kappa shape index (κ3) is 5.94. The predicted molar refractivity (Wildman–Crippen MR) is 195 cm³/mol. The lowest BCUT2D eigenvalue weighted by molar-refractivity contribution is -0.384. The summed E-state index contributed by atoms with van der Waals surface area (Å²) in [6.07, 6.45) is 1.93. The Balaban J connectivity index is 1.45. The summed E-state index contributed by atoms with van der Waals surface area (Å²) in [6, 6.07) is 19.9. The van der Waals surface area contributed by atoms with Crippen molar-refractivity contribution in [3.8, 4) is 17.2 Å². The van der Waals surface area contributed by atoms with E-state index in [-0.39, 0.29) is 31.3 Å². The zero-order valence-corrected chi connectivity index (χ0v) is 28.7. The molecule has 1 unspecified atom stereocenters. The minimum Gasteiger partial charge on any atom is -0.489 e. The number of rotatable bonds is 13. The molecule has 0 saturated carbocycles. The second-order valence-electron chi connectivity index (χ2n) is 12.4. The van der Waals surface area contributed by atoms with Crippen molar-refractivity contribution < 1.29 is 24.3 Å². The minimum atomic E-state index is -1.11. The van der Waals surface area contributed by atoms with Gasteiger partial charge in [-0.05, 0) is 68.7 Å². The van der Waals surface area contributed by atoms with Gasteiger partial charge in [0, 0.05) is 77.2 Å². The lowest BCUT2D eigenvalue weighted by Crippen LogP contribution is -2.50. The van der Waals surface area contributed by atoms with E-state index in [9.17, 15) is 20.0 Å². The SMILES string of the molecule is C=CCOc1ccc([N+](=O)[O-])cc1C=NCC(O)CN1C(=O)c2ccccc2C12c1cc(C)c(NCC)cc1Oc1cc(NCC)c(C)cc12. The number of anilines is 2. The molecule has 0 saturated heterocycles. The maximum atomic E-state index is 14.5. The largest absolute Gasteiger partial charge is 0.489 e. The first-order chi connectivity index (χ1) is 24.1. The van der Waals surface area contributed by atoms with Crippen molar-refractivity contribution in [1.82, 2.24) is 4.90 Å². The molecule has 2 aliphatic rings. The van der Waals surface area contributed by atoms with Gasteiger partial charge in [-0.15, -0.1) is 0 Å². The van der Waals surface area contributed by atoms with Crippen LogP contribution in [-0.4, -0.2) is 65.9 Å². The third-order valence-corrected chi connectivity index (χ3v) is 9.09. The number of aliphatic hydroxyl groups excluding tert-OH is 1. The van der Waals surface area contributed by atoms with Crippen molar-refractivity contribution in [1.29, 1.82) is 0 Å². The number of nitro benzene ring substituents is 1. The van der Waals surface area contributed by atoms with Gasteiger partial charge in [0.25, 0.3) is 11.6 Å². The molecule has 2 heterocycles. The molecule has 0 radical (unpaired) electrons. The van der Waals surface area contributed by atoms with Gasteiger partial charge >= 0.3 is 0 Å². The van der Waals surface area contributed by atoms with E-state index in [0.29, 0.717) is 28.4 Å². The molecule has 2 aliphatic heterocycles. The van der Waals surface area contributed by atoms with E-state index in [1.54, 1.807) is 11.0 Å². The number of fused-ring (bicyclic) bond motifs is 6. The molecule has 3 N–H and O–H groups in total. The van der Waals surface area contributed by atoms with Gasteiger partial charge in [0.2, 0.25) is 0 Å². The highest BCUT2D eigenvalue weighted by Crippen LogP contribution is 2.58. The third-order valence-electron chi connectivity index (χ3n) is 9.09. The molecule has 11 heteroatoms. The summed E-state index contributed by atoms with van der Waals surface area (Å²) in [7, 11) is 0. The summed E-state index contributed by atoms with van der Waals surface area (Å²) in [5, 5.41) is 29.9. The Kier molecular flexibility index (Phi) is 9.61. The van der Waals surface area contributed by atoms with Crippen LogP contribution in [0.4, 0.5) is 17.1 Å². The smallest absolute Gasteiger partial charge is 0.270 e. The summed E-state index contributed by atoms with van der Waals surface area (Å²) in [6.45, 7) is 13.3. The lowest BCUT2D eigenvalue weighted by Gasteiger charge is -2.45. The number of carbonyl (C=O) groups excluding carboxylic acids is 1. The topological polar surface area (TPSA) is 139 Å². The minimum absolute atomic E-state index is 0.0550. The Bertz CT molecular complexity index is 1950. The average Bonchev–Trinajstić information content (AvgIpc) is 3.33. The molecule has 0 aromatic heterocycles. The van der Waals surface area contributed by atoms with Crippen molar-refractivity contribution in [2.75, 3.05) is 43.4 Å². The number of aliphatic hydroxyl groups is 1. The standard InChI is InChI=1S/C39H41N5O6/c1-6-15-49-35-14-13-27(44(47)48)18-26(35)21-40-22-28(45)23-43-38(46)29-11-9-10-12-30(29)39(43)31-16-24(4)33(41-7-2)19-36(31)50-37-20-34(42-8-3)25(5)17-32(37)39/h6,9-14,16-21,28,41-42,45H,1,7-8,15,22-23H2,2-5H3. The number of aliphatic imine (C=N–C) groups is 1. The molecular weight excluding hydrogens is 634 g/mol. The van der Waals surface area contributed by atoms with Gasteiger partial charge in [0.05, 0.1) is 24.1 Å².